The van der Waals surface area contributed by atoms with Crippen molar-refractivity contribution in [3.05, 3.63) is 0 Å². The second-order valence-electron chi connectivity index (χ2n) is 6.81. The average molecular weight is 317 g/mol. The van der Waals surface area contributed by atoms with Gasteiger partial charge in [0.05, 0.1) is 5.60 Å². The third-order valence-corrected chi connectivity index (χ3v) is 8.09. The molecule has 0 bridgehead atoms. The number of nitrogens with two attached hydrogens (primary N) is 1. The minimum absolute atomic E-state index is 0.170. The second-order valence-corrected chi connectivity index (χ2v) is 9.66. The summed E-state index contributed by atoms with van der Waals surface area (Å²) in [6, 6.07) is 0.436. The Hall–Kier alpha value is 0.580. The maximum Gasteiger partial charge on any atom is 0.0701 e. The first kappa shape index (κ1) is 15.5. The van der Waals surface area contributed by atoms with Crippen molar-refractivity contribution in [2.24, 2.45) is 11.8 Å². The Labute approximate surface area is 131 Å². The summed E-state index contributed by atoms with van der Waals surface area (Å²) in [5.74, 6) is 10.5. The smallest absolute Gasteiger partial charge is 0.0701 e. The molecular formula is C15H28N2OS2. The number of rotatable bonds is 3. The van der Waals surface area contributed by atoms with E-state index in [1.54, 1.807) is 0 Å². The Morgan fingerprint density at radius 3 is 2.70 bits per heavy atom. The van der Waals surface area contributed by atoms with Crippen molar-refractivity contribution >= 4 is 23.5 Å². The van der Waals surface area contributed by atoms with Crippen LogP contribution < -0.4 is 11.3 Å². The molecule has 5 heteroatoms. The normalized spacial score (nSPS) is 39.0. The van der Waals surface area contributed by atoms with Gasteiger partial charge in [-0.3, -0.25) is 11.3 Å². The first-order chi connectivity index (χ1) is 9.68. The number of thioether (sulfide) groups is 2. The lowest BCUT2D eigenvalue weighted by Crippen LogP contribution is -2.57. The average Bonchev–Trinajstić information content (AvgIpc) is 2.88. The minimum Gasteiger partial charge on any atom is -0.375 e. The Bertz CT molecular complexity index is 322. The molecule has 0 aromatic heterocycles. The van der Waals surface area contributed by atoms with Crippen molar-refractivity contribution < 1.29 is 4.74 Å². The van der Waals surface area contributed by atoms with E-state index in [0.717, 1.165) is 6.61 Å². The summed E-state index contributed by atoms with van der Waals surface area (Å²) >= 11 is 4.20. The summed E-state index contributed by atoms with van der Waals surface area (Å²) < 4.78 is 6.56. The van der Waals surface area contributed by atoms with Crippen LogP contribution in [-0.4, -0.2) is 40.3 Å². The monoisotopic (exact) mass is 316 g/mol. The fourth-order valence-corrected chi connectivity index (χ4v) is 7.02. The molecule has 3 unspecified atom stereocenters. The molecule has 3 aliphatic rings. The molecule has 0 radical (unpaired) electrons. The van der Waals surface area contributed by atoms with Crippen LogP contribution in [0.5, 0.6) is 0 Å². The lowest BCUT2D eigenvalue weighted by Gasteiger charge is -2.48. The van der Waals surface area contributed by atoms with Gasteiger partial charge in [0.1, 0.15) is 0 Å². The SMILES string of the molecule is CC1(C(NN)C2CCOC3(CCSCC3)C2)CCCS1. The van der Waals surface area contributed by atoms with Gasteiger partial charge in [-0.25, -0.2) is 0 Å². The minimum atomic E-state index is 0.170. The second kappa shape index (κ2) is 6.37. The highest BCUT2D eigenvalue weighted by atomic mass is 32.2. The summed E-state index contributed by atoms with van der Waals surface area (Å²) in [4.78, 5) is 0. The molecule has 3 atom stereocenters. The molecule has 0 aliphatic carbocycles. The molecule has 3 saturated heterocycles. The van der Waals surface area contributed by atoms with Crippen LogP contribution >= 0.6 is 23.5 Å². The lowest BCUT2D eigenvalue weighted by atomic mass is 9.75. The van der Waals surface area contributed by atoms with Crippen LogP contribution in [0.1, 0.15) is 45.4 Å². The van der Waals surface area contributed by atoms with Gasteiger partial charge in [0, 0.05) is 17.4 Å². The molecule has 3 nitrogen and oxygen atoms in total. The molecule has 3 heterocycles. The molecule has 0 aromatic rings. The topological polar surface area (TPSA) is 47.3 Å². The highest BCUT2D eigenvalue weighted by Crippen LogP contribution is 2.47. The maximum absolute atomic E-state index is 6.24. The fraction of sp³-hybridized carbons (Fsp3) is 1.00. The summed E-state index contributed by atoms with van der Waals surface area (Å²) in [6.45, 7) is 3.34. The molecule has 20 heavy (non-hydrogen) atoms. The van der Waals surface area contributed by atoms with Crippen LogP contribution in [-0.2, 0) is 4.74 Å². The molecule has 3 N–H and O–H groups in total. The van der Waals surface area contributed by atoms with Crippen molar-refractivity contribution in [1.82, 2.24) is 5.43 Å². The molecule has 116 valence electrons. The quantitative estimate of drug-likeness (QED) is 0.619. The van der Waals surface area contributed by atoms with E-state index >= 15 is 0 Å². The van der Waals surface area contributed by atoms with Gasteiger partial charge < -0.3 is 4.74 Å². The predicted molar refractivity (Wildman–Crippen MR) is 89.2 cm³/mol. The van der Waals surface area contributed by atoms with Crippen molar-refractivity contribution in [3.8, 4) is 0 Å². The van der Waals surface area contributed by atoms with Crippen molar-refractivity contribution in [1.29, 1.82) is 0 Å². The van der Waals surface area contributed by atoms with Gasteiger partial charge in [-0.2, -0.15) is 23.5 Å². The standard InChI is InChI=1S/C15H28N2OS2/c1-14(4-2-8-20-14)13(17-16)12-3-7-18-15(11-12)5-9-19-10-6-15/h12-13,17H,2-11,16H2,1H3. The van der Waals surface area contributed by atoms with Crippen LogP contribution in [0.15, 0.2) is 0 Å². The Morgan fingerprint density at radius 1 is 1.25 bits per heavy atom. The number of nitrogens with one attached hydrogen (secondary N) is 1. The van der Waals surface area contributed by atoms with E-state index in [9.17, 15) is 0 Å². The van der Waals surface area contributed by atoms with E-state index in [1.807, 2.05) is 0 Å². The van der Waals surface area contributed by atoms with Crippen LogP contribution in [0.3, 0.4) is 0 Å². The Kier molecular flexibility index (Phi) is 4.93. The zero-order valence-corrected chi connectivity index (χ0v) is 14.2. The fourth-order valence-electron chi connectivity index (χ4n) is 4.30. The van der Waals surface area contributed by atoms with Gasteiger partial charge in [0.25, 0.3) is 0 Å². The lowest BCUT2D eigenvalue weighted by molar-refractivity contribution is -0.108. The van der Waals surface area contributed by atoms with Gasteiger partial charge >= 0.3 is 0 Å². The largest absolute Gasteiger partial charge is 0.375 e. The van der Waals surface area contributed by atoms with Gasteiger partial charge in [0.2, 0.25) is 0 Å². The summed E-state index contributed by atoms with van der Waals surface area (Å²) in [5.41, 5.74) is 3.36. The van der Waals surface area contributed by atoms with E-state index < -0.39 is 0 Å². The van der Waals surface area contributed by atoms with Crippen LogP contribution in [0.4, 0.5) is 0 Å². The van der Waals surface area contributed by atoms with Crippen LogP contribution in [0.2, 0.25) is 0 Å². The zero-order valence-electron chi connectivity index (χ0n) is 12.5. The Balaban J connectivity index is 1.71. The molecule has 0 aromatic carbocycles. The van der Waals surface area contributed by atoms with Crippen molar-refractivity contribution in [3.63, 3.8) is 0 Å². The molecule has 0 saturated carbocycles. The molecular weight excluding hydrogens is 288 g/mol. The molecule has 3 aliphatic heterocycles. The van der Waals surface area contributed by atoms with E-state index in [1.165, 1.54) is 55.8 Å². The molecule has 1 spiro atoms. The summed E-state index contributed by atoms with van der Waals surface area (Å²) in [6.07, 6.45) is 7.47. The first-order valence-corrected chi connectivity index (χ1v) is 10.1. The molecule has 0 amide bonds. The third kappa shape index (κ3) is 3.02. The highest BCUT2D eigenvalue weighted by molar-refractivity contribution is 8.01. The number of hydrazine groups is 1. The Morgan fingerprint density at radius 2 is 2.05 bits per heavy atom. The molecule has 3 fully saturated rings. The van der Waals surface area contributed by atoms with Crippen LogP contribution in [0.25, 0.3) is 0 Å². The number of hydrogen-bond donors (Lipinski definition) is 2. The van der Waals surface area contributed by atoms with Gasteiger partial charge in [-0.1, -0.05) is 0 Å². The number of ether oxygens (including phenoxy) is 1. The van der Waals surface area contributed by atoms with Crippen molar-refractivity contribution in [2.75, 3.05) is 23.9 Å². The first-order valence-electron chi connectivity index (χ1n) is 7.99. The van der Waals surface area contributed by atoms with Crippen LogP contribution in [0, 0.1) is 5.92 Å². The third-order valence-electron chi connectivity index (χ3n) is 5.49. The summed E-state index contributed by atoms with van der Waals surface area (Å²) in [5, 5.41) is 0. The van der Waals surface area contributed by atoms with Gasteiger partial charge in [-0.05, 0) is 68.6 Å². The van der Waals surface area contributed by atoms with E-state index in [0.29, 0.717) is 16.7 Å². The zero-order chi connectivity index (χ0) is 14.1. The summed E-state index contributed by atoms with van der Waals surface area (Å²) in [7, 11) is 0. The maximum atomic E-state index is 6.24. The number of hydrogen-bond acceptors (Lipinski definition) is 5. The van der Waals surface area contributed by atoms with Gasteiger partial charge in [-0.15, -0.1) is 0 Å². The molecule has 3 rings (SSSR count). The van der Waals surface area contributed by atoms with E-state index in [4.69, 9.17) is 10.6 Å². The van der Waals surface area contributed by atoms with E-state index in [-0.39, 0.29) is 5.60 Å². The van der Waals surface area contributed by atoms with Crippen molar-refractivity contribution in [2.45, 2.75) is 61.8 Å². The predicted octanol–water partition coefficient (Wildman–Crippen LogP) is 2.80. The van der Waals surface area contributed by atoms with E-state index in [2.05, 4.69) is 35.9 Å². The highest BCUT2D eigenvalue weighted by Gasteiger charge is 2.47. The van der Waals surface area contributed by atoms with Gasteiger partial charge in [0.15, 0.2) is 0 Å².